The molecule has 18 heavy (non-hydrogen) atoms. The standard InChI is InChI=1S/C10H10N2O5S/c1-6(10(13)14)12-18(15,16)9-4-7-5-11-3-2-8(7)17-9/h2-6,12H,1H3,(H,13,14)/t6-/m0/s1. The third-order valence-electron chi connectivity index (χ3n) is 2.26. The van der Waals surface area contributed by atoms with Gasteiger partial charge < -0.3 is 9.52 Å². The Balaban J connectivity index is 2.38. The summed E-state index contributed by atoms with van der Waals surface area (Å²) in [6.07, 6.45) is 2.92. The van der Waals surface area contributed by atoms with E-state index in [1.54, 1.807) is 0 Å². The SMILES string of the molecule is C[C@H](NS(=O)(=O)c1cc2cnccc2o1)C(=O)O. The molecule has 0 bridgehead atoms. The number of hydrogen-bond donors (Lipinski definition) is 2. The van der Waals surface area contributed by atoms with Crippen LogP contribution >= 0.6 is 0 Å². The quantitative estimate of drug-likeness (QED) is 0.841. The lowest BCUT2D eigenvalue weighted by Crippen LogP contribution is -2.38. The van der Waals surface area contributed by atoms with Gasteiger partial charge in [-0.15, -0.1) is 0 Å². The Morgan fingerprint density at radius 3 is 2.89 bits per heavy atom. The summed E-state index contributed by atoms with van der Waals surface area (Å²) in [5, 5.41) is 8.86. The van der Waals surface area contributed by atoms with E-state index in [4.69, 9.17) is 9.52 Å². The lowest BCUT2D eigenvalue weighted by Gasteiger charge is -2.07. The number of carbonyl (C=O) groups is 1. The predicted molar refractivity (Wildman–Crippen MR) is 61.4 cm³/mol. The molecule has 0 saturated carbocycles. The Kier molecular flexibility index (Phi) is 3.05. The second kappa shape index (κ2) is 4.39. The van der Waals surface area contributed by atoms with Crippen molar-refractivity contribution >= 4 is 27.0 Å². The Bertz CT molecular complexity index is 658. The lowest BCUT2D eigenvalue weighted by atomic mass is 10.3. The summed E-state index contributed by atoms with van der Waals surface area (Å²) in [6.45, 7) is 1.23. The van der Waals surface area contributed by atoms with E-state index in [-0.39, 0.29) is 5.09 Å². The van der Waals surface area contributed by atoms with E-state index in [1.807, 2.05) is 4.72 Å². The number of aliphatic carboxylic acids is 1. The van der Waals surface area contributed by atoms with Gasteiger partial charge in [-0.2, -0.15) is 4.72 Å². The van der Waals surface area contributed by atoms with Crippen molar-refractivity contribution in [3.05, 3.63) is 24.5 Å². The van der Waals surface area contributed by atoms with E-state index in [9.17, 15) is 13.2 Å². The number of sulfonamides is 1. The van der Waals surface area contributed by atoms with Crippen LogP contribution in [0.1, 0.15) is 6.92 Å². The molecule has 2 heterocycles. The molecule has 0 aliphatic carbocycles. The number of furan rings is 1. The molecule has 8 heteroatoms. The molecule has 0 unspecified atom stereocenters. The van der Waals surface area contributed by atoms with Gasteiger partial charge in [-0.05, 0) is 13.0 Å². The average molecular weight is 270 g/mol. The van der Waals surface area contributed by atoms with Gasteiger partial charge in [-0.25, -0.2) is 8.42 Å². The fourth-order valence-corrected chi connectivity index (χ4v) is 2.50. The topological polar surface area (TPSA) is 110 Å². The molecule has 2 aromatic rings. The first-order chi connectivity index (χ1) is 8.40. The van der Waals surface area contributed by atoms with Crippen LogP contribution in [0.15, 0.2) is 34.0 Å². The highest BCUT2D eigenvalue weighted by molar-refractivity contribution is 7.89. The monoisotopic (exact) mass is 270 g/mol. The Morgan fingerprint density at radius 1 is 1.56 bits per heavy atom. The van der Waals surface area contributed by atoms with Crippen LogP contribution in [0.5, 0.6) is 0 Å². The summed E-state index contributed by atoms with van der Waals surface area (Å²) in [7, 11) is -3.99. The zero-order chi connectivity index (χ0) is 13.3. The second-order valence-electron chi connectivity index (χ2n) is 3.66. The highest BCUT2D eigenvalue weighted by Gasteiger charge is 2.24. The smallest absolute Gasteiger partial charge is 0.321 e. The molecule has 7 nitrogen and oxygen atoms in total. The Hall–Kier alpha value is -1.93. The fraction of sp³-hybridized carbons (Fsp3) is 0.200. The molecule has 0 spiro atoms. The number of aromatic nitrogens is 1. The highest BCUT2D eigenvalue weighted by atomic mass is 32.2. The maximum Gasteiger partial charge on any atom is 0.321 e. The van der Waals surface area contributed by atoms with E-state index in [1.165, 1.54) is 31.5 Å². The molecule has 0 amide bonds. The molecule has 0 aliphatic heterocycles. The highest BCUT2D eigenvalue weighted by Crippen LogP contribution is 2.21. The second-order valence-corrected chi connectivity index (χ2v) is 5.31. The Morgan fingerprint density at radius 2 is 2.28 bits per heavy atom. The van der Waals surface area contributed by atoms with Crippen LogP contribution in [0.2, 0.25) is 0 Å². The number of rotatable bonds is 4. The minimum Gasteiger partial charge on any atom is -0.480 e. The van der Waals surface area contributed by atoms with Gasteiger partial charge in [0.25, 0.3) is 10.0 Å². The maximum atomic E-state index is 11.8. The van der Waals surface area contributed by atoms with E-state index in [0.717, 1.165) is 0 Å². The Labute approximate surface area is 102 Å². The molecule has 2 N–H and O–H groups in total. The van der Waals surface area contributed by atoms with Crippen molar-refractivity contribution in [3.8, 4) is 0 Å². The summed E-state index contributed by atoms with van der Waals surface area (Å²) in [6, 6.07) is 1.58. The lowest BCUT2D eigenvalue weighted by molar-refractivity contribution is -0.138. The third-order valence-corrected chi connectivity index (χ3v) is 3.66. The van der Waals surface area contributed by atoms with Gasteiger partial charge in [0, 0.05) is 23.8 Å². The molecule has 0 fully saturated rings. The molecule has 1 atom stereocenters. The van der Waals surface area contributed by atoms with Gasteiger partial charge in [-0.3, -0.25) is 9.78 Å². The summed E-state index contributed by atoms with van der Waals surface area (Å²) in [5.74, 6) is -1.27. The van der Waals surface area contributed by atoms with Crippen molar-refractivity contribution in [2.45, 2.75) is 18.1 Å². The molecule has 0 radical (unpaired) electrons. The van der Waals surface area contributed by atoms with Crippen LogP contribution in [-0.4, -0.2) is 30.5 Å². The molecule has 0 saturated heterocycles. The van der Waals surface area contributed by atoms with Crippen LogP contribution in [0.25, 0.3) is 11.0 Å². The van der Waals surface area contributed by atoms with Crippen LogP contribution in [0, 0.1) is 0 Å². The predicted octanol–water partition coefficient (Wildman–Crippen LogP) is 0.579. The molecular formula is C10H10N2O5S. The average Bonchev–Trinajstić information content (AvgIpc) is 2.72. The first kappa shape index (κ1) is 12.5. The summed E-state index contributed by atoms with van der Waals surface area (Å²) < 4.78 is 30.8. The molecule has 2 aromatic heterocycles. The number of carboxylic acids is 1. The van der Waals surface area contributed by atoms with Crippen molar-refractivity contribution in [2.75, 3.05) is 0 Å². The van der Waals surface area contributed by atoms with Gasteiger partial charge in [0.2, 0.25) is 5.09 Å². The summed E-state index contributed by atoms with van der Waals surface area (Å²) in [5.41, 5.74) is 0.369. The van der Waals surface area contributed by atoms with Gasteiger partial charge in [0.05, 0.1) is 0 Å². The van der Waals surface area contributed by atoms with E-state index in [0.29, 0.717) is 11.0 Å². The molecule has 0 aliphatic rings. The van der Waals surface area contributed by atoms with Crippen molar-refractivity contribution in [1.82, 2.24) is 9.71 Å². The normalized spacial score (nSPS) is 13.6. The largest absolute Gasteiger partial charge is 0.480 e. The fourth-order valence-electron chi connectivity index (χ4n) is 1.33. The van der Waals surface area contributed by atoms with E-state index >= 15 is 0 Å². The van der Waals surface area contributed by atoms with Crippen LogP contribution in [0.3, 0.4) is 0 Å². The van der Waals surface area contributed by atoms with Gasteiger partial charge >= 0.3 is 5.97 Å². The van der Waals surface area contributed by atoms with E-state index < -0.39 is 22.0 Å². The maximum absolute atomic E-state index is 11.8. The van der Waals surface area contributed by atoms with E-state index in [2.05, 4.69) is 4.98 Å². The third kappa shape index (κ3) is 2.34. The van der Waals surface area contributed by atoms with Crippen LogP contribution < -0.4 is 4.72 Å². The first-order valence-electron chi connectivity index (χ1n) is 4.99. The number of carboxylic acid groups (broad SMARTS) is 1. The summed E-state index contributed by atoms with van der Waals surface area (Å²) in [4.78, 5) is 14.4. The number of hydrogen-bond acceptors (Lipinski definition) is 5. The molecular weight excluding hydrogens is 260 g/mol. The minimum atomic E-state index is -3.99. The van der Waals surface area contributed by atoms with Gasteiger partial charge in [0.15, 0.2) is 0 Å². The number of pyridine rings is 1. The number of fused-ring (bicyclic) bond motifs is 1. The number of nitrogens with one attached hydrogen (secondary N) is 1. The van der Waals surface area contributed by atoms with Crippen LogP contribution in [-0.2, 0) is 14.8 Å². The minimum absolute atomic E-state index is 0.335. The zero-order valence-corrected chi connectivity index (χ0v) is 10.1. The summed E-state index contributed by atoms with van der Waals surface area (Å²) >= 11 is 0. The zero-order valence-electron chi connectivity index (χ0n) is 9.32. The number of nitrogens with zero attached hydrogens (tertiary/aromatic N) is 1. The van der Waals surface area contributed by atoms with Crippen molar-refractivity contribution < 1.29 is 22.7 Å². The van der Waals surface area contributed by atoms with Gasteiger partial charge in [0.1, 0.15) is 11.6 Å². The molecule has 96 valence electrons. The van der Waals surface area contributed by atoms with Crippen molar-refractivity contribution in [2.24, 2.45) is 0 Å². The molecule has 2 rings (SSSR count). The van der Waals surface area contributed by atoms with Gasteiger partial charge in [-0.1, -0.05) is 0 Å². The van der Waals surface area contributed by atoms with Crippen molar-refractivity contribution in [3.63, 3.8) is 0 Å². The first-order valence-corrected chi connectivity index (χ1v) is 6.47. The van der Waals surface area contributed by atoms with Crippen LogP contribution in [0.4, 0.5) is 0 Å². The molecule has 0 aromatic carbocycles. The van der Waals surface area contributed by atoms with Crippen molar-refractivity contribution in [1.29, 1.82) is 0 Å².